The van der Waals surface area contributed by atoms with Crippen LogP contribution < -0.4 is 10.2 Å². The average Bonchev–Trinajstić information content (AvgIpc) is 3.13. The number of nitrogens with zero attached hydrogens (tertiary/aromatic N) is 3. The molecule has 0 spiro atoms. The molecule has 2 heterocycles. The van der Waals surface area contributed by atoms with Gasteiger partial charge in [-0.1, -0.05) is 31.5 Å². The summed E-state index contributed by atoms with van der Waals surface area (Å²) in [5.74, 6) is -0.804. The van der Waals surface area contributed by atoms with E-state index in [9.17, 15) is 14.4 Å². The molecule has 1 aliphatic rings. The predicted octanol–water partition coefficient (Wildman–Crippen LogP) is 2.95. The van der Waals surface area contributed by atoms with Crippen molar-refractivity contribution in [2.24, 2.45) is 5.92 Å². The summed E-state index contributed by atoms with van der Waals surface area (Å²) in [7, 11) is 0. The summed E-state index contributed by atoms with van der Waals surface area (Å²) in [4.78, 5) is 40.5. The van der Waals surface area contributed by atoms with Crippen LogP contribution in [0, 0.1) is 12.8 Å². The quantitative estimate of drug-likeness (QED) is 0.687. The molecule has 8 heteroatoms. The molecule has 8 nitrogen and oxygen atoms in total. The number of fused-ring (bicyclic) bond motifs is 1. The SMILES string of the molecule is CCOC(=O)c1cc2n(n1)C[C@@](C)(C(=O)NCCC(C)C)N(c1ccc(C)cc1)C2=O. The van der Waals surface area contributed by atoms with Crippen LogP contribution in [0.15, 0.2) is 30.3 Å². The molecule has 0 saturated heterocycles. The maximum atomic E-state index is 13.5. The van der Waals surface area contributed by atoms with Crippen molar-refractivity contribution < 1.29 is 19.1 Å². The number of aromatic nitrogens is 2. The molecule has 0 fully saturated rings. The molecule has 0 aliphatic carbocycles. The second-order valence-electron chi connectivity index (χ2n) is 8.48. The largest absolute Gasteiger partial charge is 0.461 e. The van der Waals surface area contributed by atoms with Crippen LogP contribution in [0.3, 0.4) is 0 Å². The van der Waals surface area contributed by atoms with Gasteiger partial charge in [-0.2, -0.15) is 5.10 Å². The summed E-state index contributed by atoms with van der Waals surface area (Å²) < 4.78 is 6.45. The highest BCUT2D eigenvalue weighted by Gasteiger charge is 2.49. The lowest BCUT2D eigenvalue weighted by molar-refractivity contribution is -0.126. The molecule has 31 heavy (non-hydrogen) atoms. The Morgan fingerprint density at radius 3 is 2.55 bits per heavy atom. The Morgan fingerprint density at radius 1 is 1.26 bits per heavy atom. The third-order valence-electron chi connectivity index (χ3n) is 5.43. The molecule has 1 N–H and O–H groups in total. The van der Waals surface area contributed by atoms with Gasteiger partial charge in [-0.3, -0.25) is 19.2 Å². The van der Waals surface area contributed by atoms with E-state index in [4.69, 9.17) is 4.74 Å². The lowest BCUT2D eigenvalue weighted by Crippen LogP contribution is -2.64. The van der Waals surface area contributed by atoms with Gasteiger partial charge in [-0.05, 0) is 45.2 Å². The third kappa shape index (κ3) is 4.47. The number of rotatable bonds is 7. The summed E-state index contributed by atoms with van der Waals surface area (Å²) in [6, 6.07) is 8.87. The maximum absolute atomic E-state index is 13.5. The van der Waals surface area contributed by atoms with Crippen LogP contribution in [-0.2, 0) is 16.1 Å². The van der Waals surface area contributed by atoms with Gasteiger partial charge in [0.15, 0.2) is 5.69 Å². The number of carbonyl (C=O) groups excluding carboxylic acids is 3. The zero-order valence-electron chi connectivity index (χ0n) is 18.8. The van der Waals surface area contributed by atoms with Gasteiger partial charge in [0.25, 0.3) is 5.91 Å². The minimum Gasteiger partial charge on any atom is -0.461 e. The van der Waals surface area contributed by atoms with E-state index in [1.807, 2.05) is 31.2 Å². The Balaban J connectivity index is 2.02. The number of anilines is 1. The molecule has 1 atom stereocenters. The van der Waals surface area contributed by atoms with Gasteiger partial charge < -0.3 is 10.1 Å². The minimum atomic E-state index is -1.21. The smallest absolute Gasteiger partial charge is 0.358 e. The summed E-state index contributed by atoms with van der Waals surface area (Å²) in [5.41, 5.74) is 0.747. The van der Waals surface area contributed by atoms with Crippen LogP contribution in [0.5, 0.6) is 0 Å². The van der Waals surface area contributed by atoms with Crippen LogP contribution in [0.2, 0.25) is 0 Å². The van der Waals surface area contributed by atoms with E-state index in [0.29, 0.717) is 18.2 Å². The van der Waals surface area contributed by atoms with Crippen molar-refractivity contribution in [2.75, 3.05) is 18.1 Å². The summed E-state index contributed by atoms with van der Waals surface area (Å²) >= 11 is 0. The summed E-state index contributed by atoms with van der Waals surface area (Å²) in [6.07, 6.45) is 0.834. The van der Waals surface area contributed by atoms with Gasteiger partial charge in [-0.25, -0.2) is 4.79 Å². The number of hydrogen-bond acceptors (Lipinski definition) is 5. The Kier molecular flexibility index (Phi) is 6.48. The Labute approximate surface area is 182 Å². The Morgan fingerprint density at radius 2 is 1.94 bits per heavy atom. The Hall–Kier alpha value is -3.16. The zero-order chi connectivity index (χ0) is 22.8. The van der Waals surface area contributed by atoms with Crippen molar-refractivity contribution >= 4 is 23.5 Å². The normalized spacial score (nSPS) is 18.1. The molecular formula is C23H30N4O4. The van der Waals surface area contributed by atoms with Gasteiger partial charge in [0, 0.05) is 18.3 Å². The van der Waals surface area contributed by atoms with Gasteiger partial charge in [0.1, 0.15) is 11.2 Å². The van der Waals surface area contributed by atoms with E-state index in [1.165, 1.54) is 15.6 Å². The first-order chi connectivity index (χ1) is 14.7. The lowest BCUT2D eigenvalue weighted by atomic mass is 9.93. The van der Waals surface area contributed by atoms with Gasteiger partial charge in [0.05, 0.1) is 13.2 Å². The van der Waals surface area contributed by atoms with Gasteiger partial charge in [-0.15, -0.1) is 0 Å². The van der Waals surface area contributed by atoms with E-state index < -0.39 is 11.5 Å². The molecule has 0 saturated carbocycles. The number of amides is 2. The van der Waals surface area contributed by atoms with Crippen LogP contribution in [0.1, 0.15) is 60.7 Å². The second kappa shape index (κ2) is 8.91. The molecule has 2 amide bonds. The van der Waals surface area contributed by atoms with Crippen molar-refractivity contribution in [1.82, 2.24) is 15.1 Å². The van der Waals surface area contributed by atoms with Crippen molar-refractivity contribution in [3.05, 3.63) is 47.3 Å². The van der Waals surface area contributed by atoms with E-state index in [1.54, 1.807) is 13.8 Å². The molecule has 1 aliphatic heterocycles. The van der Waals surface area contributed by atoms with Crippen molar-refractivity contribution in [1.29, 1.82) is 0 Å². The summed E-state index contributed by atoms with van der Waals surface area (Å²) in [5, 5.41) is 7.23. The van der Waals surface area contributed by atoms with Crippen LogP contribution in [-0.4, -0.2) is 46.3 Å². The van der Waals surface area contributed by atoms with Gasteiger partial charge in [0.2, 0.25) is 5.91 Å². The number of aryl methyl sites for hydroxylation is 1. The zero-order valence-corrected chi connectivity index (χ0v) is 18.8. The van der Waals surface area contributed by atoms with E-state index >= 15 is 0 Å². The highest BCUT2D eigenvalue weighted by Crippen LogP contribution is 2.33. The van der Waals surface area contributed by atoms with Crippen LogP contribution in [0.4, 0.5) is 5.69 Å². The van der Waals surface area contributed by atoms with Crippen LogP contribution >= 0.6 is 0 Å². The fourth-order valence-corrected chi connectivity index (χ4v) is 3.65. The first-order valence-corrected chi connectivity index (χ1v) is 10.6. The predicted molar refractivity (Wildman–Crippen MR) is 117 cm³/mol. The highest BCUT2D eigenvalue weighted by atomic mass is 16.5. The van der Waals surface area contributed by atoms with Crippen LogP contribution in [0.25, 0.3) is 0 Å². The van der Waals surface area contributed by atoms with Gasteiger partial charge >= 0.3 is 5.97 Å². The maximum Gasteiger partial charge on any atom is 0.358 e. The molecule has 3 rings (SSSR count). The highest BCUT2D eigenvalue weighted by molar-refractivity contribution is 6.12. The molecular weight excluding hydrogens is 396 g/mol. The lowest BCUT2D eigenvalue weighted by Gasteiger charge is -2.43. The average molecular weight is 427 g/mol. The molecule has 1 aromatic heterocycles. The van der Waals surface area contributed by atoms with Crippen molar-refractivity contribution in [3.63, 3.8) is 0 Å². The topological polar surface area (TPSA) is 93.5 Å². The molecule has 2 aromatic rings. The molecule has 1 aromatic carbocycles. The first kappa shape index (κ1) is 22.5. The molecule has 0 unspecified atom stereocenters. The van der Waals surface area contributed by atoms with Crippen molar-refractivity contribution in [3.8, 4) is 0 Å². The monoisotopic (exact) mass is 426 g/mol. The second-order valence-corrected chi connectivity index (χ2v) is 8.48. The van der Waals surface area contributed by atoms with E-state index in [0.717, 1.165) is 12.0 Å². The number of carbonyl (C=O) groups is 3. The number of benzene rings is 1. The van der Waals surface area contributed by atoms with Crippen molar-refractivity contribution in [2.45, 2.75) is 53.1 Å². The number of nitrogens with one attached hydrogen (secondary N) is 1. The van der Waals surface area contributed by atoms with E-state index in [2.05, 4.69) is 24.3 Å². The summed E-state index contributed by atoms with van der Waals surface area (Å²) in [6.45, 7) is 10.4. The Bertz CT molecular complexity index is 980. The fraction of sp³-hybridized carbons (Fsp3) is 0.478. The number of ether oxygens (including phenoxy) is 1. The third-order valence-corrected chi connectivity index (χ3v) is 5.43. The minimum absolute atomic E-state index is 0.0542. The first-order valence-electron chi connectivity index (χ1n) is 10.6. The standard InChI is InChI=1S/C23H30N4O4/c1-6-31-21(29)18-13-19-20(28)27(17-9-7-16(4)8-10-17)23(5,14-26(19)25-18)22(30)24-12-11-15(2)3/h7-10,13,15H,6,11-12,14H2,1-5H3,(H,24,30)/t23-/m0/s1. The number of hydrogen-bond donors (Lipinski definition) is 1. The van der Waals surface area contributed by atoms with E-state index in [-0.39, 0.29) is 36.4 Å². The molecule has 0 radical (unpaired) electrons. The molecule has 0 bridgehead atoms. The number of esters is 1. The molecule has 166 valence electrons. The fourth-order valence-electron chi connectivity index (χ4n) is 3.65.